The Morgan fingerprint density at radius 3 is 1.23 bits per heavy atom. The first-order valence-electron chi connectivity index (χ1n) is 20.8. The zero-order chi connectivity index (χ0) is 35.5. The molecule has 2 N–H and O–H groups in total. The van der Waals surface area contributed by atoms with E-state index in [0.29, 0.717) is 19.4 Å². The molecule has 0 saturated heterocycles. The van der Waals surface area contributed by atoms with Gasteiger partial charge in [-0.05, 0) is 85.2 Å². The fraction of sp³-hybridized carbons (Fsp3) is 0.860. The highest BCUT2D eigenvalue weighted by molar-refractivity contribution is 5.92. The lowest BCUT2D eigenvalue weighted by Crippen LogP contribution is -2.52. The topological polar surface area (TPSA) is 69.6 Å². The Morgan fingerprint density at radius 2 is 0.875 bits per heavy atom. The normalized spacial score (nSPS) is 14.0. The number of aliphatic hydroxyl groups excluding tert-OH is 1. The van der Waals surface area contributed by atoms with Crippen LogP contribution in [-0.4, -0.2) is 54.5 Å². The standard InChI is InChI=1S/C43H82N2O3/c1-6-8-10-12-14-16-18-20-22-24-26-28-30-32-34-36-41(47)40(38-45(4)5)43(44-39(3)46)42(48)37-35-33-31-29-27-25-23-21-19-17-15-13-11-9-7-2/h20-23,39-40,43-44,46H,6-19,24-38H2,1-5H3/b22-20-,23-21-. The number of hydrogen-bond donors (Lipinski definition) is 2. The maximum atomic E-state index is 13.4. The Hall–Kier alpha value is -1.30. The number of hydrogen-bond acceptors (Lipinski definition) is 5. The molecule has 0 amide bonds. The minimum atomic E-state index is -0.828. The maximum Gasteiger partial charge on any atom is 0.150 e. The molecular formula is C43H82N2O3. The van der Waals surface area contributed by atoms with Gasteiger partial charge in [0.15, 0.2) is 5.78 Å². The van der Waals surface area contributed by atoms with E-state index in [-0.39, 0.29) is 11.6 Å². The summed E-state index contributed by atoms with van der Waals surface area (Å²) in [5.74, 6) is -0.210. The van der Waals surface area contributed by atoms with Gasteiger partial charge in [0.2, 0.25) is 0 Å². The molecule has 0 radical (unpaired) electrons. The minimum absolute atomic E-state index is 0.0678. The molecule has 0 aromatic carbocycles. The molecule has 0 aromatic heterocycles. The number of unbranched alkanes of at least 4 members (excludes halogenated alkanes) is 22. The molecule has 5 heteroatoms. The molecule has 0 rings (SSSR count). The van der Waals surface area contributed by atoms with Gasteiger partial charge in [-0.2, -0.15) is 0 Å². The smallest absolute Gasteiger partial charge is 0.150 e. The van der Waals surface area contributed by atoms with Gasteiger partial charge in [0.25, 0.3) is 0 Å². The van der Waals surface area contributed by atoms with Crippen molar-refractivity contribution >= 4 is 11.6 Å². The van der Waals surface area contributed by atoms with E-state index in [4.69, 9.17) is 0 Å². The maximum absolute atomic E-state index is 13.4. The summed E-state index contributed by atoms with van der Waals surface area (Å²) in [5.41, 5.74) is 0. The lowest BCUT2D eigenvalue weighted by atomic mass is 9.87. The van der Waals surface area contributed by atoms with Crippen molar-refractivity contribution in [2.75, 3.05) is 20.6 Å². The van der Waals surface area contributed by atoms with Gasteiger partial charge < -0.3 is 10.0 Å². The SMILES string of the molecule is CCCCCCCC/C=C\CCCCCCCC(=O)C(CN(C)C)C(NC(C)O)C(=O)CCCCCCC/C=C\CCCCCCCC. The van der Waals surface area contributed by atoms with Gasteiger partial charge in [-0.1, -0.05) is 141 Å². The first-order valence-corrected chi connectivity index (χ1v) is 20.8. The van der Waals surface area contributed by atoms with E-state index in [1.807, 2.05) is 19.0 Å². The van der Waals surface area contributed by atoms with E-state index in [9.17, 15) is 14.7 Å². The van der Waals surface area contributed by atoms with Crippen LogP contribution in [-0.2, 0) is 9.59 Å². The number of Topliss-reactive ketones (excluding diaryl/α,β-unsaturated/α-hetero) is 2. The van der Waals surface area contributed by atoms with Gasteiger partial charge in [-0.3, -0.25) is 14.9 Å². The minimum Gasteiger partial charge on any atom is -0.379 e. The average molecular weight is 675 g/mol. The molecule has 0 aliphatic rings. The summed E-state index contributed by atoms with van der Waals surface area (Å²) >= 11 is 0. The third kappa shape index (κ3) is 30.7. The molecule has 0 spiro atoms. The number of carbonyl (C=O) groups excluding carboxylic acids is 2. The first kappa shape index (κ1) is 46.7. The monoisotopic (exact) mass is 675 g/mol. The van der Waals surface area contributed by atoms with Crippen LogP contribution in [0.25, 0.3) is 0 Å². The molecule has 3 unspecified atom stereocenters. The van der Waals surface area contributed by atoms with Gasteiger partial charge in [0.1, 0.15) is 12.0 Å². The summed E-state index contributed by atoms with van der Waals surface area (Å²) in [5, 5.41) is 13.2. The Labute approximate surface area is 299 Å². The average Bonchev–Trinajstić information content (AvgIpc) is 3.05. The zero-order valence-corrected chi connectivity index (χ0v) is 32.8. The largest absolute Gasteiger partial charge is 0.379 e. The number of carbonyl (C=O) groups is 2. The molecule has 282 valence electrons. The summed E-state index contributed by atoms with van der Waals surface area (Å²) in [6, 6.07) is -0.625. The molecular weight excluding hydrogens is 592 g/mol. The van der Waals surface area contributed by atoms with Gasteiger partial charge in [0, 0.05) is 19.4 Å². The Bertz CT molecular complexity index is 712. The van der Waals surface area contributed by atoms with Gasteiger partial charge in [-0.25, -0.2) is 0 Å². The number of aliphatic hydroxyl groups is 1. The Balaban J connectivity index is 4.33. The first-order chi connectivity index (χ1) is 23.3. The molecule has 0 saturated carbocycles. The van der Waals surface area contributed by atoms with E-state index in [2.05, 4.69) is 43.5 Å². The van der Waals surface area contributed by atoms with Crippen LogP contribution >= 0.6 is 0 Å². The van der Waals surface area contributed by atoms with Crippen LogP contribution in [0.15, 0.2) is 24.3 Å². The Morgan fingerprint density at radius 1 is 0.542 bits per heavy atom. The predicted octanol–water partition coefficient (Wildman–Crippen LogP) is 11.7. The van der Waals surface area contributed by atoms with Crippen LogP contribution < -0.4 is 5.32 Å². The lowest BCUT2D eigenvalue weighted by Gasteiger charge is -2.29. The highest BCUT2D eigenvalue weighted by Crippen LogP contribution is 2.18. The van der Waals surface area contributed by atoms with Crippen LogP contribution in [0.5, 0.6) is 0 Å². The molecule has 0 fully saturated rings. The van der Waals surface area contributed by atoms with Crippen LogP contribution in [0.1, 0.15) is 201 Å². The molecule has 5 nitrogen and oxygen atoms in total. The summed E-state index contributed by atoms with van der Waals surface area (Å²) in [6.07, 6.45) is 41.5. The Kier molecular flexibility index (Phi) is 34.6. The van der Waals surface area contributed by atoms with Gasteiger partial charge >= 0.3 is 0 Å². The number of allylic oxidation sites excluding steroid dienone is 4. The molecule has 48 heavy (non-hydrogen) atoms. The van der Waals surface area contributed by atoms with Crippen LogP contribution in [0, 0.1) is 5.92 Å². The quantitative estimate of drug-likeness (QED) is 0.0390. The fourth-order valence-corrected chi connectivity index (χ4v) is 6.56. The predicted molar refractivity (Wildman–Crippen MR) is 210 cm³/mol. The van der Waals surface area contributed by atoms with Crippen molar-refractivity contribution in [2.24, 2.45) is 5.92 Å². The van der Waals surface area contributed by atoms with Gasteiger partial charge in [0.05, 0.1) is 12.0 Å². The second kappa shape index (κ2) is 35.5. The van der Waals surface area contributed by atoms with Crippen LogP contribution in [0.3, 0.4) is 0 Å². The van der Waals surface area contributed by atoms with E-state index >= 15 is 0 Å². The number of ketones is 2. The van der Waals surface area contributed by atoms with Crippen LogP contribution in [0.2, 0.25) is 0 Å². The van der Waals surface area contributed by atoms with E-state index < -0.39 is 18.2 Å². The van der Waals surface area contributed by atoms with Crippen molar-refractivity contribution in [3.8, 4) is 0 Å². The molecule has 3 atom stereocenters. The number of rotatable bonds is 37. The second-order valence-corrected chi connectivity index (χ2v) is 14.8. The van der Waals surface area contributed by atoms with Crippen molar-refractivity contribution in [3.05, 3.63) is 24.3 Å². The zero-order valence-electron chi connectivity index (χ0n) is 32.8. The van der Waals surface area contributed by atoms with E-state index in [1.165, 1.54) is 116 Å². The van der Waals surface area contributed by atoms with Crippen molar-refractivity contribution < 1.29 is 14.7 Å². The summed E-state index contributed by atoms with van der Waals surface area (Å²) in [6.45, 7) is 6.69. The third-order valence-electron chi connectivity index (χ3n) is 9.52. The fourth-order valence-electron chi connectivity index (χ4n) is 6.56. The highest BCUT2D eigenvalue weighted by atomic mass is 16.3. The van der Waals surface area contributed by atoms with E-state index in [1.54, 1.807) is 6.92 Å². The molecule has 0 aliphatic heterocycles. The van der Waals surface area contributed by atoms with Crippen molar-refractivity contribution in [2.45, 2.75) is 213 Å². The molecule has 0 aliphatic carbocycles. The van der Waals surface area contributed by atoms with E-state index in [0.717, 1.165) is 51.4 Å². The highest BCUT2D eigenvalue weighted by Gasteiger charge is 2.33. The van der Waals surface area contributed by atoms with Crippen molar-refractivity contribution in [3.63, 3.8) is 0 Å². The lowest BCUT2D eigenvalue weighted by molar-refractivity contribution is -0.131. The summed E-state index contributed by atoms with van der Waals surface area (Å²) in [4.78, 5) is 28.8. The third-order valence-corrected chi connectivity index (χ3v) is 9.52. The summed E-state index contributed by atoms with van der Waals surface area (Å²) in [7, 11) is 3.91. The molecule has 0 heterocycles. The summed E-state index contributed by atoms with van der Waals surface area (Å²) < 4.78 is 0. The van der Waals surface area contributed by atoms with Gasteiger partial charge in [-0.15, -0.1) is 0 Å². The molecule has 0 aromatic rings. The second-order valence-electron chi connectivity index (χ2n) is 14.8. The molecule has 0 bridgehead atoms. The van der Waals surface area contributed by atoms with Crippen molar-refractivity contribution in [1.82, 2.24) is 10.2 Å². The number of nitrogens with one attached hydrogen (secondary N) is 1. The van der Waals surface area contributed by atoms with Crippen LogP contribution in [0.4, 0.5) is 0 Å². The van der Waals surface area contributed by atoms with Crippen molar-refractivity contribution in [1.29, 1.82) is 0 Å². The number of nitrogens with zero attached hydrogens (tertiary/aromatic N) is 1.